The average Bonchev–Trinajstić information content (AvgIpc) is 2.43. The quantitative estimate of drug-likeness (QED) is 0.812. The van der Waals surface area contributed by atoms with Crippen LogP contribution in [-0.4, -0.2) is 27.5 Å². The van der Waals surface area contributed by atoms with Gasteiger partial charge in [0, 0.05) is 5.41 Å². The molecule has 0 radical (unpaired) electrons. The minimum absolute atomic E-state index is 0.206. The maximum atomic E-state index is 11.9. The van der Waals surface area contributed by atoms with Gasteiger partial charge >= 0.3 is 5.97 Å². The first-order valence-electron chi connectivity index (χ1n) is 6.19. The normalized spacial score (nSPS) is 13.6. The van der Waals surface area contributed by atoms with Crippen LogP contribution in [0.25, 0.3) is 6.08 Å². The molecule has 1 unspecified atom stereocenters. The zero-order valence-electron chi connectivity index (χ0n) is 11.7. The van der Waals surface area contributed by atoms with Gasteiger partial charge in [-0.15, -0.1) is 0 Å². The van der Waals surface area contributed by atoms with Crippen molar-refractivity contribution in [3.63, 3.8) is 0 Å². The Morgan fingerprint density at radius 1 is 1.25 bits per heavy atom. The summed E-state index contributed by atoms with van der Waals surface area (Å²) in [4.78, 5) is 11.5. The highest BCUT2D eigenvalue weighted by atomic mass is 32.2. The summed E-state index contributed by atoms with van der Waals surface area (Å²) in [6, 6.07) is 8.13. The van der Waals surface area contributed by atoms with E-state index in [9.17, 15) is 13.2 Å². The highest BCUT2D eigenvalue weighted by Crippen LogP contribution is 2.08. The van der Waals surface area contributed by atoms with Crippen LogP contribution in [0.1, 0.15) is 19.4 Å². The van der Waals surface area contributed by atoms with Gasteiger partial charge in [-0.25, -0.2) is 8.42 Å². The Morgan fingerprint density at radius 2 is 1.85 bits per heavy atom. The summed E-state index contributed by atoms with van der Waals surface area (Å²) in [6.45, 7) is 3.48. The standard InChI is InChI=1S/C14H19NO4S/c1-11(2)13(14(16)19-3)15-20(17,18)10-9-12-7-5-4-6-8-12/h4-11,13,15H,1-3H3/b10-9+. The van der Waals surface area contributed by atoms with Crippen molar-refractivity contribution in [3.05, 3.63) is 41.3 Å². The Labute approximate surface area is 119 Å². The minimum Gasteiger partial charge on any atom is -0.468 e. The molecule has 0 heterocycles. The third-order valence-corrected chi connectivity index (χ3v) is 3.73. The Balaban J connectivity index is 2.83. The van der Waals surface area contributed by atoms with E-state index in [2.05, 4.69) is 9.46 Å². The predicted octanol–water partition coefficient (Wildman–Crippen LogP) is 1.77. The third kappa shape index (κ3) is 5.14. The van der Waals surface area contributed by atoms with Crippen LogP contribution in [0.3, 0.4) is 0 Å². The molecule has 0 aromatic heterocycles. The number of methoxy groups -OCH3 is 1. The van der Waals surface area contributed by atoms with Crippen molar-refractivity contribution < 1.29 is 17.9 Å². The van der Waals surface area contributed by atoms with Crippen molar-refractivity contribution in [1.82, 2.24) is 4.72 Å². The number of benzene rings is 1. The molecule has 0 aliphatic heterocycles. The lowest BCUT2D eigenvalue weighted by Gasteiger charge is -2.18. The van der Waals surface area contributed by atoms with E-state index in [1.807, 2.05) is 18.2 Å². The van der Waals surface area contributed by atoms with E-state index in [1.165, 1.54) is 13.2 Å². The first kappa shape index (κ1) is 16.4. The topological polar surface area (TPSA) is 72.5 Å². The molecular weight excluding hydrogens is 278 g/mol. The first-order chi connectivity index (χ1) is 9.35. The van der Waals surface area contributed by atoms with Gasteiger partial charge in [0.25, 0.3) is 0 Å². The van der Waals surface area contributed by atoms with Crippen LogP contribution in [0.4, 0.5) is 0 Å². The Morgan fingerprint density at radius 3 is 2.35 bits per heavy atom. The molecule has 1 N–H and O–H groups in total. The molecule has 0 amide bonds. The fourth-order valence-electron chi connectivity index (χ4n) is 1.53. The lowest BCUT2D eigenvalue weighted by atomic mass is 10.1. The van der Waals surface area contributed by atoms with Crippen LogP contribution < -0.4 is 4.72 Å². The van der Waals surface area contributed by atoms with Crippen molar-refractivity contribution in [2.45, 2.75) is 19.9 Å². The zero-order chi connectivity index (χ0) is 15.2. The van der Waals surface area contributed by atoms with Crippen molar-refractivity contribution in [2.75, 3.05) is 7.11 Å². The molecule has 0 fully saturated rings. The van der Waals surface area contributed by atoms with Gasteiger partial charge in [-0.05, 0) is 17.6 Å². The predicted molar refractivity (Wildman–Crippen MR) is 78.2 cm³/mol. The molecule has 1 atom stereocenters. The van der Waals surface area contributed by atoms with Gasteiger partial charge in [0.1, 0.15) is 6.04 Å². The molecule has 0 spiro atoms. The number of rotatable bonds is 6. The highest BCUT2D eigenvalue weighted by Gasteiger charge is 2.26. The molecule has 0 aliphatic rings. The van der Waals surface area contributed by atoms with E-state index in [-0.39, 0.29) is 5.92 Å². The number of nitrogens with one attached hydrogen (secondary N) is 1. The zero-order valence-corrected chi connectivity index (χ0v) is 12.6. The largest absolute Gasteiger partial charge is 0.468 e. The van der Waals surface area contributed by atoms with Crippen LogP contribution in [0, 0.1) is 5.92 Å². The Kier molecular flexibility index (Phi) is 5.91. The smallest absolute Gasteiger partial charge is 0.324 e. The molecular formula is C14H19NO4S. The van der Waals surface area contributed by atoms with Crippen molar-refractivity contribution in [2.24, 2.45) is 5.92 Å². The lowest BCUT2D eigenvalue weighted by Crippen LogP contribution is -2.44. The second-order valence-electron chi connectivity index (χ2n) is 4.62. The number of ether oxygens (including phenoxy) is 1. The van der Waals surface area contributed by atoms with Gasteiger partial charge in [0.05, 0.1) is 7.11 Å². The van der Waals surface area contributed by atoms with E-state index < -0.39 is 22.0 Å². The van der Waals surface area contributed by atoms with E-state index >= 15 is 0 Å². The Bertz CT molecular complexity index is 564. The van der Waals surface area contributed by atoms with Gasteiger partial charge in [-0.1, -0.05) is 44.2 Å². The summed E-state index contributed by atoms with van der Waals surface area (Å²) in [5.41, 5.74) is 0.761. The van der Waals surface area contributed by atoms with Crippen LogP contribution in [0.15, 0.2) is 35.7 Å². The maximum Gasteiger partial charge on any atom is 0.324 e. The van der Waals surface area contributed by atoms with Crippen LogP contribution in [-0.2, 0) is 19.6 Å². The van der Waals surface area contributed by atoms with Crippen molar-refractivity contribution in [1.29, 1.82) is 0 Å². The SMILES string of the molecule is COC(=O)C(NS(=O)(=O)/C=C/c1ccccc1)C(C)C. The lowest BCUT2D eigenvalue weighted by molar-refractivity contribution is -0.143. The van der Waals surface area contributed by atoms with E-state index in [0.717, 1.165) is 11.0 Å². The molecule has 1 aromatic rings. The number of carbonyl (C=O) groups excluding carboxylic acids is 1. The second-order valence-corrected chi connectivity index (χ2v) is 6.22. The van der Waals surface area contributed by atoms with Crippen LogP contribution in [0.5, 0.6) is 0 Å². The maximum absolute atomic E-state index is 11.9. The van der Waals surface area contributed by atoms with Crippen molar-refractivity contribution >= 4 is 22.1 Å². The molecule has 1 rings (SSSR count). The van der Waals surface area contributed by atoms with Crippen LogP contribution >= 0.6 is 0 Å². The second kappa shape index (κ2) is 7.21. The van der Waals surface area contributed by atoms with Gasteiger partial charge in [-0.2, -0.15) is 4.72 Å². The summed E-state index contributed by atoms with van der Waals surface area (Å²) in [5.74, 6) is -0.806. The Hall–Kier alpha value is -1.66. The van der Waals surface area contributed by atoms with Gasteiger partial charge < -0.3 is 4.74 Å². The third-order valence-electron chi connectivity index (χ3n) is 2.65. The molecule has 110 valence electrons. The number of carbonyl (C=O) groups is 1. The van der Waals surface area contributed by atoms with E-state index in [1.54, 1.807) is 26.0 Å². The van der Waals surface area contributed by atoms with Gasteiger partial charge in [0.15, 0.2) is 0 Å². The van der Waals surface area contributed by atoms with Crippen LogP contribution in [0.2, 0.25) is 0 Å². The summed E-state index contributed by atoms with van der Waals surface area (Å²) < 4.78 is 30.8. The van der Waals surface area contributed by atoms with Gasteiger partial charge in [0.2, 0.25) is 10.0 Å². The summed E-state index contributed by atoms with van der Waals surface area (Å²) in [5, 5.41) is 1.04. The van der Waals surface area contributed by atoms with E-state index in [0.29, 0.717) is 0 Å². The van der Waals surface area contributed by atoms with Crippen molar-refractivity contribution in [3.8, 4) is 0 Å². The number of esters is 1. The average molecular weight is 297 g/mol. The minimum atomic E-state index is -3.71. The van der Waals surface area contributed by atoms with Gasteiger partial charge in [-0.3, -0.25) is 4.79 Å². The van der Waals surface area contributed by atoms with E-state index in [4.69, 9.17) is 0 Å². The molecule has 0 saturated heterocycles. The molecule has 20 heavy (non-hydrogen) atoms. The molecule has 1 aromatic carbocycles. The molecule has 0 bridgehead atoms. The highest BCUT2D eigenvalue weighted by molar-refractivity contribution is 7.92. The fourth-order valence-corrected chi connectivity index (χ4v) is 2.67. The monoisotopic (exact) mass is 297 g/mol. The number of hydrogen-bond donors (Lipinski definition) is 1. The molecule has 5 nitrogen and oxygen atoms in total. The summed E-state index contributed by atoms with van der Waals surface area (Å²) >= 11 is 0. The molecule has 0 saturated carbocycles. The summed E-state index contributed by atoms with van der Waals surface area (Å²) in [6.07, 6.45) is 1.47. The molecule has 0 aliphatic carbocycles. The summed E-state index contributed by atoms with van der Waals surface area (Å²) in [7, 11) is -2.48. The fraction of sp³-hybridized carbons (Fsp3) is 0.357. The first-order valence-corrected chi connectivity index (χ1v) is 7.73. The number of sulfonamides is 1. The molecule has 6 heteroatoms. The number of hydrogen-bond acceptors (Lipinski definition) is 4.